The Morgan fingerprint density at radius 2 is 1.92 bits per heavy atom. The van der Waals surface area contributed by atoms with Gasteiger partial charge in [0, 0.05) is 25.6 Å². The van der Waals surface area contributed by atoms with Crippen molar-refractivity contribution in [1.29, 1.82) is 0 Å². The standard InChI is InChI=1S/C25H36F3N4O5S/c1-6-38(34,35)29-13-15-37-20-12-8-7-11-19(20)23(33)32(25(26,27)28)22-16-21(24(2,3)4)30(5)31(22)17-18-10-9-14-36-18/h7-8,11-12,16,18,29H,6,9-10,13-15,17H2,1-5H3/q+1/t18-/m1/s1. The van der Waals surface area contributed by atoms with Gasteiger partial charge in [-0.1, -0.05) is 37.5 Å². The molecule has 0 unspecified atom stereocenters. The highest BCUT2D eigenvalue weighted by Crippen LogP contribution is 2.25. The van der Waals surface area contributed by atoms with Crippen molar-refractivity contribution in [2.75, 3.05) is 25.5 Å². The molecule has 1 aliphatic rings. The molecule has 212 valence electrons. The number of carbonyl (C=O) groups excluding carboxylic acids is 1. The van der Waals surface area contributed by atoms with E-state index in [9.17, 15) is 26.4 Å². The van der Waals surface area contributed by atoms with Crippen LogP contribution in [0.15, 0.2) is 30.3 Å². The molecule has 2 heterocycles. The first-order chi connectivity index (χ1) is 17.7. The highest BCUT2D eigenvalue weighted by atomic mass is 32.2. The number of amides is 1. The summed E-state index contributed by atoms with van der Waals surface area (Å²) in [5.41, 5.74) is -0.512. The Kier molecular flexibility index (Phi) is 9.15. The summed E-state index contributed by atoms with van der Waals surface area (Å²) < 4.78 is 83.6. The predicted octanol–water partition coefficient (Wildman–Crippen LogP) is 2.75. The molecule has 2 aromatic rings. The summed E-state index contributed by atoms with van der Waals surface area (Å²) in [4.78, 5) is 13.6. The molecule has 13 heteroatoms. The first kappa shape index (κ1) is 29.9. The van der Waals surface area contributed by atoms with Crippen molar-refractivity contribution in [2.24, 2.45) is 7.05 Å². The van der Waals surface area contributed by atoms with E-state index in [4.69, 9.17) is 9.47 Å². The molecule has 38 heavy (non-hydrogen) atoms. The number of para-hydroxylation sites is 1. The maximum Gasteiger partial charge on any atom is 0.570 e. The van der Waals surface area contributed by atoms with Crippen LogP contribution in [-0.2, 0) is 33.8 Å². The molecule has 1 fully saturated rings. The average molecular weight is 562 g/mol. The average Bonchev–Trinajstić information content (AvgIpc) is 3.45. The van der Waals surface area contributed by atoms with E-state index in [0.29, 0.717) is 18.7 Å². The van der Waals surface area contributed by atoms with Gasteiger partial charge in [-0.15, -0.1) is 13.2 Å². The van der Waals surface area contributed by atoms with Crippen LogP contribution in [0.1, 0.15) is 56.6 Å². The van der Waals surface area contributed by atoms with Gasteiger partial charge in [0.25, 0.3) is 0 Å². The largest absolute Gasteiger partial charge is 0.570 e. The molecule has 0 spiro atoms. The highest BCUT2D eigenvalue weighted by Gasteiger charge is 2.47. The third-order valence-corrected chi connectivity index (χ3v) is 7.68. The minimum Gasteiger partial charge on any atom is -0.491 e. The van der Waals surface area contributed by atoms with Gasteiger partial charge in [-0.25, -0.2) is 22.6 Å². The zero-order valence-corrected chi connectivity index (χ0v) is 23.2. The van der Waals surface area contributed by atoms with Crippen molar-refractivity contribution in [1.82, 2.24) is 18.7 Å². The van der Waals surface area contributed by atoms with Crippen molar-refractivity contribution in [3.8, 4) is 5.75 Å². The van der Waals surface area contributed by atoms with E-state index in [-0.39, 0.29) is 52.9 Å². The summed E-state index contributed by atoms with van der Waals surface area (Å²) in [5, 5.41) is 0. The maximum absolute atomic E-state index is 14.6. The van der Waals surface area contributed by atoms with Crippen LogP contribution >= 0.6 is 0 Å². The monoisotopic (exact) mass is 561 g/mol. The van der Waals surface area contributed by atoms with Gasteiger partial charge in [-0.05, 0) is 31.9 Å². The maximum atomic E-state index is 14.6. The number of hydrogen-bond acceptors (Lipinski definition) is 5. The number of alkyl halides is 3. The van der Waals surface area contributed by atoms with Crippen LogP contribution < -0.4 is 19.5 Å². The Morgan fingerprint density at radius 3 is 2.50 bits per heavy atom. The van der Waals surface area contributed by atoms with Crippen LogP contribution in [0.25, 0.3) is 0 Å². The first-order valence-corrected chi connectivity index (χ1v) is 14.1. The molecule has 1 amide bonds. The summed E-state index contributed by atoms with van der Waals surface area (Å²) in [7, 11) is -1.79. The Balaban J connectivity index is 2.11. The van der Waals surface area contributed by atoms with Gasteiger partial charge >= 0.3 is 17.7 Å². The molecule has 1 aromatic heterocycles. The van der Waals surface area contributed by atoms with E-state index in [2.05, 4.69) is 4.72 Å². The third-order valence-electron chi connectivity index (χ3n) is 6.27. The van der Waals surface area contributed by atoms with E-state index in [0.717, 1.165) is 6.42 Å². The number of rotatable bonds is 9. The second-order valence-electron chi connectivity index (χ2n) is 10.1. The molecule has 3 rings (SSSR count). The highest BCUT2D eigenvalue weighted by molar-refractivity contribution is 7.89. The number of aromatic nitrogens is 2. The molecule has 1 N–H and O–H groups in total. The van der Waals surface area contributed by atoms with Gasteiger partial charge in [0.15, 0.2) is 0 Å². The number of carbonyl (C=O) groups is 1. The molecular weight excluding hydrogens is 525 g/mol. The fraction of sp³-hybridized carbons (Fsp3) is 0.600. The summed E-state index contributed by atoms with van der Waals surface area (Å²) in [6.07, 6.45) is -3.79. The van der Waals surface area contributed by atoms with Gasteiger partial charge in [0.2, 0.25) is 10.0 Å². The molecule has 1 saturated heterocycles. The van der Waals surface area contributed by atoms with Gasteiger partial charge in [-0.2, -0.15) is 4.68 Å². The van der Waals surface area contributed by atoms with Crippen LogP contribution in [0.4, 0.5) is 13.2 Å². The molecular formula is C25H36F3N4O5S+. The Morgan fingerprint density at radius 1 is 1.24 bits per heavy atom. The molecule has 9 nitrogen and oxygen atoms in total. The lowest BCUT2D eigenvalue weighted by Gasteiger charge is -2.18. The second kappa shape index (κ2) is 11.6. The number of halogens is 3. The Hall–Kier alpha value is -2.64. The summed E-state index contributed by atoms with van der Waals surface area (Å²) in [5.74, 6) is -1.52. The van der Waals surface area contributed by atoms with Gasteiger partial charge in [-0.3, -0.25) is 0 Å². The van der Waals surface area contributed by atoms with E-state index in [1.54, 1.807) is 11.7 Å². The number of ether oxygens (including phenoxy) is 2. The minimum absolute atomic E-state index is 0.0832. The molecule has 0 aliphatic carbocycles. The molecule has 0 bridgehead atoms. The summed E-state index contributed by atoms with van der Waals surface area (Å²) in [6.45, 7) is 7.55. The van der Waals surface area contributed by atoms with Crippen LogP contribution in [-0.4, -0.2) is 61.6 Å². The zero-order chi connectivity index (χ0) is 28.3. The van der Waals surface area contributed by atoms with Gasteiger partial charge in [0.1, 0.15) is 24.5 Å². The number of nitrogens with one attached hydrogen (secondary N) is 1. The first-order valence-electron chi connectivity index (χ1n) is 12.5. The number of nitrogens with zero attached hydrogens (tertiary/aromatic N) is 3. The fourth-order valence-electron chi connectivity index (χ4n) is 4.35. The van der Waals surface area contributed by atoms with Gasteiger partial charge < -0.3 is 9.47 Å². The lowest BCUT2D eigenvalue weighted by Crippen LogP contribution is -2.49. The van der Waals surface area contributed by atoms with Gasteiger partial charge in [0.05, 0.1) is 23.6 Å². The fourth-order valence-corrected chi connectivity index (χ4v) is 4.95. The predicted molar refractivity (Wildman–Crippen MR) is 136 cm³/mol. The SMILES string of the molecule is CCS(=O)(=O)NCCOc1ccccc1C(=O)/[N+](=c1/cc(C(C)(C)C)n(C)n1C[C@H]1CCCO1)C(F)(F)F. The minimum atomic E-state index is -5.05. The number of sulfonamides is 1. The van der Waals surface area contributed by atoms with Crippen molar-refractivity contribution >= 4 is 15.9 Å². The van der Waals surface area contributed by atoms with Crippen molar-refractivity contribution in [3.05, 3.63) is 47.1 Å². The third kappa shape index (κ3) is 7.06. The summed E-state index contributed by atoms with van der Waals surface area (Å²) in [6, 6.07) is 6.99. The summed E-state index contributed by atoms with van der Waals surface area (Å²) >= 11 is 0. The molecule has 1 aromatic carbocycles. The molecule has 0 saturated carbocycles. The van der Waals surface area contributed by atoms with Crippen molar-refractivity contribution in [3.63, 3.8) is 0 Å². The van der Waals surface area contributed by atoms with E-state index in [1.165, 1.54) is 41.9 Å². The van der Waals surface area contributed by atoms with E-state index < -0.39 is 27.6 Å². The smallest absolute Gasteiger partial charge is 0.491 e. The van der Waals surface area contributed by atoms with Crippen LogP contribution in [0, 0.1) is 0 Å². The van der Waals surface area contributed by atoms with Crippen molar-refractivity contribution < 1.29 is 35.9 Å². The normalized spacial score (nSPS) is 17.5. The Bertz CT molecular complexity index is 1320. The van der Waals surface area contributed by atoms with E-state index >= 15 is 0 Å². The molecule has 1 atom stereocenters. The van der Waals surface area contributed by atoms with Crippen molar-refractivity contribution in [2.45, 2.75) is 64.9 Å². The van der Waals surface area contributed by atoms with Crippen LogP contribution in [0.3, 0.4) is 0 Å². The zero-order valence-electron chi connectivity index (χ0n) is 22.3. The quantitative estimate of drug-likeness (QED) is 0.289. The number of hydrogen-bond donors (Lipinski definition) is 1. The number of benzene rings is 1. The topological polar surface area (TPSA) is 94.6 Å². The molecule has 1 aliphatic heterocycles. The van der Waals surface area contributed by atoms with Crippen LogP contribution in [0.2, 0.25) is 0 Å². The Labute approximate surface area is 220 Å². The second-order valence-corrected chi connectivity index (χ2v) is 12.2. The van der Waals surface area contributed by atoms with E-state index in [1.807, 2.05) is 20.8 Å². The molecule has 0 radical (unpaired) electrons. The lowest BCUT2D eigenvalue weighted by molar-refractivity contribution is -0.165. The lowest BCUT2D eigenvalue weighted by atomic mass is 9.92. The van der Waals surface area contributed by atoms with Crippen LogP contribution in [0.5, 0.6) is 5.75 Å².